The first-order valence-corrected chi connectivity index (χ1v) is 8.19. The Morgan fingerprint density at radius 3 is 2.60 bits per heavy atom. The third kappa shape index (κ3) is 3.97. The summed E-state index contributed by atoms with van der Waals surface area (Å²) in [5.41, 5.74) is 0.997. The average Bonchev–Trinajstić information content (AvgIpc) is 2.99. The van der Waals surface area contributed by atoms with Crippen LogP contribution >= 0.6 is 11.6 Å². The second kappa shape index (κ2) is 7.20. The maximum atomic E-state index is 12.6. The molecule has 0 saturated carbocycles. The number of aromatic nitrogens is 1. The molecule has 0 unspecified atom stereocenters. The Labute approximate surface area is 149 Å². The minimum atomic E-state index is -0.538. The fraction of sp³-hybridized carbons (Fsp3) is 0.375. The lowest BCUT2D eigenvalue weighted by atomic mass is 10.1. The van der Waals surface area contributed by atoms with E-state index in [2.05, 4.69) is 10.1 Å². The number of benzene rings is 1. The third-order valence-electron chi connectivity index (χ3n) is 4.11. The van der Waals surface area contributed by atoms with Gasteiger partial charge in [-0.2, -0.15) is 0 Å². The molecule has 8 nitrogen and oxygen atoms in total. The van der Waals surface area contributed by atoms with E-state index in [0.29, 0.717) is 32.7 Å². The molecule has 1 saturated heterocycles. The minimum absolute atomic E-state index is 0.0961. The molecule has 0 spiro atoms. The van der Waals surface area contributed by atoms with Gasteiger partial charge in [0.1, 0.15) is 0 Å². The minimum Gasteiger partial charge on any atom is -0.360 e. The standard InChI is InChI=1S/C16H17ClN4O4/c1-11-8-13(25-18-11)10-19-4-6-20(7-5-19)16(22)14-3-2-12(21(23)24)9-15(14)17/h2-3,8-9H,4-7,10H2,1H3. The highest BCUT2D eigenvalue weighted by atomic mass is 35.5. The molecule has 1 aliphatic heterocycles. The van der Waals surface area contributed by atoms with E-state index in [4.69, 9.17) is 16.1 Å². The van der Waals surface area contributed by atoms with Crippen LogP contribution in [0.2, 0.25) is 5.02 Å². The summed E-state index contributed by atoms with van der Waals surface area (Å²) in [6, 6.07) is 5.81. The molecular formula is C16H17ClN4O4. The summed E-state index contributed by atoms with van der Waals surface area (Å²) in [7, 11) is 0. The van der Waals surface area contributed by atoms with Gasteiger partial charge < -0.3 is 9.42 Å². The Hall–Kier alpha value is -2.45. The number of nitro benzene ring substituents is 1. The second-order valence-corrected chi connectivity index (χ2v) is 6.33. The summed E-state index contributed by atoms with van der Waals surface area (Å²) in [6.45, 7) is 5.05. The van der Waals surface area contributed by atoms with Gasteiger partial charge in [0.05, 0.1) is 27.7 Å². The maximum Gasteiger partial charge on any atom is 0.270 e. The lowest BCUT2D eigenvalue weighted by Gasteiger charge is -2.34. The number of carbonyl (C=O) groups is 1. The molecule has 1 amide bonds. The van der Waals surface area contributed by atoms with Gasteiger partial charge in [0.15, 0.2) is 5.76 Å². The van der Waals surface area contributed by atoms with Crippen molar-refractivity contribution in [2.24, 2.45) is 0 Å². The number of hydrogen-bond donors (Lipinski definition) is 0. The van der Waals surface area contributed by atoms with E-state index in [0.717, 1.165) is 11.5 Å². The number of carbonyl (C=O) groups excluding carboxylic acids is 1. The number of piperazine rings is 1. The molecule has 1 aromatic carbocycles. The van der Waals surface area contributed by atoms with Gasteiger partial charge in [-0.15, -0.1) is 0 Å². The molecule has 2 aromatic rings. The number of non-ortho nitro benzene ring substituents is 1. The van der Waals surface area contributed by atoms with Gasteiger partial charge in [-0.05, 0) is 13.0 Å². The Bertz CT molecular complexity index is 799. The summed E-state index contributed by atoms with van der Waals surface area (Å²) in [6.07, 6.45) is 0. The molecule has 0 bridgehead atoms. The van der Waals surface area contributed by atoms with E-state index in [-0.39, 0.29) is 22.2 Å². The third-order valence-corrected chi connectivity index (χ3v) is 4.42. The van der Waals surface area contributed by atoms with E-state index >= 15 is 0 Å². The highest BCUT2D eigenvalue weighted by molar-refractivity contribution is 6.34. The number of aryl methyl sites for hydroxylation is 1. The number of nitro groups is 1. The second-order valence-electron chi connectivity index (χ2n) is 5.92. The first kappa shape index (κ1) is 17.4. The zero-order chi connectivity index (χ0) is 18.0. The summed E-state index contributed by atoms with van der Waals surface area (Å²) in [5, 5.41) is 14.7. The van der Waals surface area contributed by atoms with Gasteiger partial charge >= 0.3 is 0 Å². The molecule has 1 aromatic heterocycles. The van der Waals surface area contributed by atoms with Crippen LogP contribution in [0.15, 0.2) is 28.8 Å². The van der Waals surface area contributed by atoms with Crippen molar-refractivity contribution in [3.8, 4) is 0 Å². The normalized spacial score (nSPS) is 15.4. The Kier molecular flexibility index (Phi) is 5.00. The van der Waals surface area contributed by atoms with E-state index in [1.165, 1.54) is 18.2 Å². The fourth-order valence-electron chi connectivity index (χ4n) is 2.78. The highest BCUT2D eigenvalue weighted by Crippen LogP contribution is 2.24. The summed E-state index contributed by atoms with van der Waals surface area (Å²) in [5.74, 6) is 0.589. The molecule has 0 N–H and O–H groups in total. The molecular weight excluding hydrogens is 348 g/mol. The van der Waals surface area contributed by atoms with E-state index in [1.807, 2.05) is 13.0 Å². The summed E-state index contributed by atoms with van der Waals surface area (Å²) in [4.78, 5) is 26.7. The van der Waals surface area contributed by atoms with Crippen LogP contribution < -0.4 is 0 Å². The quantitative estimate of drug-likeness (QED) is 0.611. The molecule has 132 valence electrons. The molecule has 2 heterocycles. The van der Waals surface area contributed by atoms with Crippen LogP contribution in [0.3, 0.4) is 0 Å². The van der Waals surface area contributed by atoms with Crippen molar-refractivity contribution in [3.63, 3.8) is 0 Å². The van der Waals surface area contributed by atoms with E-state index < -0.39 is 4.92 Å². The lowest BCUT2D eigenvalue weighted by Crippen LogP contribution is -2.48. The zero-order valence-corrected chi connectivity index (χ0v) is 14.4. The van der Waals surface area contributed by atoms with Gasteiger partial charge in [-0.1, -0.05) is 16.8 Å². The molecule has 1 fully saturated rings. The Morgan fingerprint density at radius 2 is 2.04 bits per heavy atom. The Morgan fingerprint density at radius 1 is 1.32 bits per heavy atom. The number of amides is 1. The van der Waals surface area contributed by atoms with Gasteiger partial charge in [0.2, 0.25) is 0 Å². The van der Waals surface area contributed by atoms with Crippen molar-refractivity contribution in [1.29, 1.82) is 0 Å². The topological polar surface area (TPSA) is 92.7 Å². The molecule has 9 heteroatoms. The van der Waals surface area contributed by atoms with Crippen LogP contribution in [0, 0.1) is 17.0 Å². The molecule has 0 aliphatic carbocycles. The zero-order valence-electron chi connectivity index (χ0n) is 13.6. The molecule has 25 heavy (non-hydrogen) atoms. The van der Waals surface area contributed by atoms with E-state index in [1.54, 1.807) is 4.90 Å². The first-order valence-electron chi connectivity index (χ1n) is 7.82. The van der Waals surface area contributed by atoms with Gasteiger partial charge in [0, 0.05) is 44.4 Å². The summed E-state index contributed by atoms with van der Waals surface area (Å²) >= 11 is 6.04. The predicted octanol–water partition coefficient (Wildman–Crippen LogP) is 2.50. The molecule has 1 aliphatic rings. The Balaban J connectivity index is 1.60. The van der Waals surface area contributed by atoms with Crippen molar-refractivity contribution < 1.29 is 14.2 Å². The number of rotatable bonds is 4. The van der Waals surface area contributed by atoms with Gasteiger partial charge in [0.25, 0.3) is 11.6 Å². The van der Waals surface area contributed by atoms with Crippen LogP contribution in [0.1, 0.15) is 21.8 Å². The van der Waals surface area contributed by atoms with Crippen molar-refractivity contribution in [2.45, 2.75) is 13.5 Å². The number of halogens is 1. The predicted molar refractivity (Wildman–Crippen MR) is 90.5 cm³/mol. The van der Waals surface area contributed by atoms with Crippen LogP contribution in [0.5, 0.6) is 0 Å². The van der Waals surface area contributed by atoms with Crippen molar-refractivity contribution >= 4 is 23.2 Å². The highest BCUT2D eigenvalue weighted by Gasteiger charge is 2.25. The molecule has 0 radical (unpaired) electrons. The van der Waals surface area contributed by atoms with Crippen LogP contribution in [-0.4, -0.2) is 52.0 Å². The van der Waals surface area contributed by atoms with Crippen molar-refractivity contribution in [2.75, 3.05) is 26.2 Å². The van der Waals surface area contributed by atoms with Crippen LogP contribution in [0.25, 0.3) is 0 Å². The van der Waals surface area contributed by atoms with Gasteiger partial charge in [-0.3, -0.25) is 19.8 Å². The van der Waals surface area contributed by atoms with Crippen molar-refractivity contribution in [3.05, 3.63) is 56.4 Å². The van der Waals surface area contributed by atoms with Crippen LogP contribution in [0.4, 0.5) is 5.69 Å². The molecule has 3 rings (SSSR count). The number of hydrogen-bond acceptors (Lipinski definition) is 6. The summed E-state index contributed by atoms with van der Waals surface area (Å²) < 4.78 is 5.21. The lowest BCUT2D eigenvalue weighted by molar-refractivity contribution is -0.384. The largest absolute Gasteiger partial charge is 0.360 e. The smallest absolute Gasteiger partial charge is 0.270 e. The molecule has 0 atom stereocenters. The fourth-order valence-corrected chi connectivity index (χ4v) is 3.04. The maximum absolute atomic E-state index is 12.6. The van der Waals surface area contributed by atoms with Crippen molar-refractivity contribution in [1.82, 2.24) is 15.0 Å². The van der Waals surface area contributed by atoms with Crippen LogP contribution in [-0.2, 0) is 6.54 Å². The first-order chi connectivity index (χ1) is 11.9. The SMILES string of the molecule is Cc1cc(CN2CCN(C(=O)c3ccc([N+](=O)[O-])cc3Cl)CC2)on1. The average molecular weight is 365 g/mol. The van der Waals surface area contributed by atoms with E-state index in [9.17, 15) is 14.9 Å². The monoisotopic (exact) mass is 364 g/mol. The number of nitrogens with zero attached hydrogens (tertiary/aromatic N) is 4. The van der Waals surface area contributed by atoms with Gasteiger partial charge in [-0.25, -0.2) is 0 Å².